The number of hydrogen-bond donors (Lipinski definition) is 2. The monoisotopic (exact) mass is 212 g/mol. The van der Waals surface area contributed by atoms with E-state index in [2.05, 4.69) is 0 Å². The molecule has 0 saturated heterocycles. The second-order valence-electron chi connectivity index (χ2n) is 3.39. The van der Waals surface area contributed by atoms with Crippen LogP contribution in [-0.4, -0.2) is 25.2 Å². The van der Waals surface area contributed by atoms with Crippen LogP contribution in [0.25, 0.3) is 0 Å². The van der Waals surface area contributed by atoms with Crippen LogP contribution in [0.5, 0.6) is 0 Å². The summed E-state index contributed by atoms with van der Waals surface area (Å²) in [5.41, 5.74) is 5.94. The van der Waals surface area contributed by atoms with Gasteiger partial charge in [0.05, 0.1) is 5.69 Å². The van der Waals surface area contributed by atoms with Crippen molar-refractivity contribution in [2.24, 2.45) is 5.73 Å². The Labute approximate surface area is 87.1 Å². The van der Waals surface area contributed by atoms with Crippen molar-refractivity contribution in [3.8, 4) is 0 Å². The molecule has 1 aromatic carbocycles. The number of carboxylic acids is 1. The van der Waals surface area contributed by atoms with Crippen LogP contribution in [-0.2, 0) is 4.79 Å². The zero-order valence-electron chi connectivity index (χ0n) is 8.57. The van der Waals surface area contributed by atoms with Gasteiger partial charge in [-0.3, -0.25) is 4.79 Å². The fourth-order valence-corrected chi connectivity index (χ4v) is 1.39. The minimum atomic E-state index is -1.21. The lowest BCUT2D eigenvalue weighted by atomic mass is 10.0. The van der Waals surface area contributed by atoms with E-state index in [-0.39, 0.29) is 11.3 Å². The molecule has 1 aromatic rings. The van der Waals surface area contributed by atoms with Crippen molar-refractivity contribution in [1.29, 1.82) is 0 Å². The van der Waals surface area contributed by atoms with Crippen molar-refractivity contribution in [3.63, 3.8) is 0 Å². The summed E-state index contributed by atoms with van der Waals surface area (Å²) in [5.74, 6) is -1.65. The predicted octanol–water partition coefficient (Wildman–Crippen LogP) is 0.976. The molecule has 1 rings (SSSR count). The SMILES string of the molecule is CN(C)c1c(F)cccc1C(N)C(=O)O. The van der Waals surface area contributed by atoms with Gasteiger partial charge in [0.15, 0.2) is 0 Å². The summed E-state index contributed by atoms with van der Waals surface area (Å²) in [6, 6.07) is 3.02. The molecule has 15 heavy (non-hydrogen) atoms. The zero-order chi connectivity index (χ0) is 11.6. The van der Waals surface area contributed by atoms with Crippen LogP contribution >= 0.6 is 0 Å². The Bertz CT molecular complexity index is 380. The average Bonchev–Trinajstić information content (AvgIpc) is 2.15. The first kappa shape index (κ1) is 11.5. The first-order chi connectivity index (χ1) is 6.95. The molecule has 0 bridgehead atoms. The van der Waals surface area contributed by atoms with Crippen LogP contribution in [0.2, 0.25) is 0 Å². The molecule has 0 amide bonds. The summed E-state index contributed by atoms with van der Waals surface area (Å²) in [5, 5.41) is 8.77. The van der Waals surface area contributed by atoms with Crippen LogP contribution in [0, 0.1) is 5.82 Å². The number of anilines is 1. The topological polar surface area (TPSA) is 66.6 Å². The molecule has 4 nitrogen and oxygen atoms in total. The Balaban J connectivity index is 3.28. The van der Waals surface area contributed by atoms with Crippen molar-refractivity contribution in [2.75, 3.05) is 19.0 Å². The largest absolute Gasteiger partial charge is 0.480 e. The van der Waals surface area contributed by atoms with Gasteiger partial charge in [-0.25, -0.2) is 4.39 Å². The molecule has 0 saturated carbocycles. The van der Waals surface area contributed by atoms with E-state index in [9.17, 15) is 9.18 Å². The van der Waals surface area contributed by atoms with Gasteiger partial charge in [-0.15, -0.1) is 0 Å². The predicted molar refractivity (Wildman–Crippen MR) is 55.3 cm³/mol. The Morgan fingerprint density at radius 3 is 2.60 bits per heavy atom. The molecule has 0 spiro atoms. The van der Waals surface area contributed by atoms with E-state index in [1.54, 1.807) is 14.1 Å². The Morgan fingerprint density at radius 1 is 1.53 bits per heavy atom. The number of rotatable bonds is 3. The summed E-state index contributed by atoms with van der Waals surface area (Å²) in [6.45, 7) is 0. The number of carbonyl (C=O) groups is 1. The minimum Gasteiger partial charge on any atom is -0.480 e. The minimum absolute atomic E-state index is 0.215. The fourth-order valence-electron chi connectivity index (χ4n) is 1.39. The summed E-state index contributed by atoms with van der Waals surface area (Å²) in [7, 11) is 3.27. The normalized spacial score (nSPS) is 12.3. The molecule has 5 heteroatoms. The summed E-state index contributed by atoms with van der Waals surface area (Å²) in [6.07, 6.45) is 0. The fraction of sp³-hybridized carbons (Fsp3) is 0.300. The van der Waals surface area contributed by atoms with Crippen LogP contribution in [0.4, 0.5) is 10.1 Å². The molecule has 0 aliphatic heterocycles. The Hall–Kier alpha value is -1.62. The molecule has 0 aliphatic rings. The third-order valence-electron chi connectivity index (χ3n) is 2.07. The van der Waals surface area contributed by atoms with Crippen LogP contribution < -0.4 is 10.6 Å². The number of carboxylic acid groups (broad SMARTS) is 1. The number of benzene rings is 1. The van der Waals surface area contributed by atoms with E-state index in [1.165, 1.54) is 23.1 Å². The number of hydrogen-bond acceptors (Lipinski definition) is 3. The van der Waals surface area contributed by atoms with Gasteiger partial charge >= 0.3 is 5.97 Å². The molecule has 0 aromatic heterocycles. The van der Waals surface area contributed by atoms with E-state index >= 15 is 0 Å². The zero-order valence-corrected chi connectivity index (χ0v) is 8.57. The number of aliphatic carboxylic acids is 1. The standard InChI is InChI=1S/C10H13FN2O2/c1-13(2)9-6(8(12)10(14)15)4-3-5-7(9)11/h3-5,8H,12H2,1-2H3,(H,14,15). The molecular weight excluding hydrogens is 199 g/mol. The van der Waals surface area contributed by atoms with E-state index in [0.717, 1.165) is 0 Å². The summed E-state index contributed by atoms with van der Waals surface area (Å²) >= 11 is 0. The lowest BCUT2D eigenvalue weighted by molar-refractivity contribution is -0.138. The molecule has 0 fully saturated rings. The summed E-state index contributed by atoms with van der Waals surface area (Å²) in [4.78, 5) is 12.2. The molecule has 82 valence electrons. The molecule has 0 radical (unpaired) electrons. The van der Waals surface area contributed by atoms with Crippen molar-refractivity contribution in [1.82, 2.24) is 0 Å². The van der Waals surface area contributed by atoms with Gasteiger partial charge in [-0.1, -0.05) is 12.1 Å². The first-order valence-corrected chi connectivity index (χ1v) is 4.39. The molecule has 1 atom stereocenters. The number of halogens is 1. The van der Waals surface area contributed by atoms with Gasteiger partial charge in [0.2, 0.25) is 0 Å². The quantitative estimate of drug-likeness (QED) is 0.783. The van der Waals surface area contributed by atoms with Gasteiger partial charge < -0.3 is 15.7 Å². The van der Waals surface area contributed by atoms with Crippen molar-refractivity contribution in [3.05, 3.63) is 29.6 Å². The number of nitrogens with zero attached hydrogens (tertiary/aromatic N) is 1. The Morgan fingerprint density at radius 2 is 2.13 bits per heavy atom. The smallest absolute Gasteiger partial charge is 0.325 e. The lowest BCUT2D eigenvalue weighted by Gasteiger charge is -2.20. The van der Waals surface area contributed by atoms with Gasteiger partial charge in [-0.2, -0.15) is 0 Å². The van der Waals surface area contributed by atoms with Gasteiger partial charge in [0.1, 0.15) is 11.9 Å². The van der Waals surface area contributed by atoms with Crippen molar-refractivity contribution in [2.45, 2.75) is 6.04 Å². The van der Waals surface area contributed by atoms with E-state index in [4.69, 9.17) is 10.8 Å². The number of nitrogens with two attached hydrogens (primary N) is 1. The second kappa shape index (κ2) is 4.27. The molecular formula is C10H13FN2O2. The van der Waals surface area contributed by atoms with Gasteiger partial charge in [0.25, 0.3) is 0 Å². The van der Waals surface area contributed by atoms with Crippen LogP contribution in [0.15, 0.2) is 18.2 Å². The van der Waals surface area contributed by atoms with Crippen LogP contribution in [0.1, 0.15) is 11.6 Å². The van der Waals surface area contributed by atoms with Crippen molar-refractivity contribution < 1.29 is 14.3 Å². The van der Waals surface area contributed by atoms with Gasteiger partial charge in [0, 0.05) is 19.7 Å². The second-order valence-corrected chi connectivity index (χ2v) is 3.39. The molecule has 1 unspecified atom stereocenters. The molecule has 0 aliphatic carbocycles. The van der Waals surface area contributed by atoms with Crippen LogP contribution in [0.3, 0.4) is 0 Å². The highest BCUT2D eigenvalue weighted by molar-refractivity contribution is 5.78. The number of para-hydroxylation sites is 1. The molecule has 0 heterocycles. The van der Waals surface area contributed by atoms with E-state index < -0.39 is 17.8 Å². The third-order valence-corrected chi connectivity index (χ3v) is 2.07. The van der Waals surface area contributed by atoms with Crippen molar-refractivity contribution >= 4 is 11.7 Å². The summed E-state index contributed by atoms with van der Waals surface area (Å²) < 4.78 is 13.4. The maximum Gasteiger partial charge on any atom is 0.325 e. The Kier molecular flexibility index (Phi) is 3.26. The maximum atomic E-state index is 13.4. The van der Waals surface area contributed by atoms with E-state index in [1.807, 2.05) is 0 Å². The van der Waals surface area contributed by atoms with Gasteiger partial charge in [-0.05, 0) is 6.07 Å². The first-order valence-electron chi connectivity index (χ1n) is 4.39. The highest BCUT2D eigenvalue weighted by Gasteiger charge is 2.21. The lowest BCUT2D eigenvalue weighted by Crippen LogP contribution is -2.24. The highest BCUT2D eigenvalue weighted by Crippen LogP contribution is 2.26. The average molecular weight is 212 g/mol. The third kappa shape index (κ3) is 2.24. The maximum absolute atomic E-state index is 13.4. The van der Waals surface area contributed by atoms with E-state index in [0.29, 0.717) is 0 Å². The molecule has 3 N–H and O–H groups in total. The highest BCUT2D eigenvalue weighted by atomic mass is 19.1.